The summed E-state index contributed by atoms with van der Waals surface area (Å²) < 4.78 is 1.92. The van der Waals surface area contributed by atoms with Crippen LogP contribution in [0.2, 0.25) is 0 Å². The molecule has 0 aliphatic carbocycles. The second kappa shape index (κ2) is 4.52. The number of pyridine rings is 1. The van der Waals surface area contributed by atoms with Gasteiger partial charge in [0.2, 0.25) is 0 Å². The fraction of sp³-hybridized carbons (Fsp3) is 0.231. The second-order valence-corrected chi connectivity index (χ2v) is 4.13. The van der Waals surface area contributed by atoms with Crippen LogP contribution in [0.15, 0.2) is 37.1 Å². The minimum Gasteiger partial charge on any atom is -0.285 e. The largest absolute Gasteiger partial charge is 0.285 e. The lowest BCUT2D eigenvalue weighted by Gasteiger charge is -2.05. The Morgan fingerprint density at radius 3 is 3.06 bits per heavy atom. The van der Waals surface area contributed by atoms with Gasteiger partial charge >= 0.3 is 0 Å². The zero-order valence-corrected chi connectivity index (χ0v) is 10.1. The van der Waals surface area contributed by atoms with Gasteiger partial charge in [0, 0.05) is 24.2 Å². The molecule has 18 heavy (non-hydrogen) atoms. The minimum atomic E-state index is 0.837. The normalized spacial score (nSPS) is 10.9. The minimum absolute atomic E-state index is 0.837. The summed E-state index contributed by atoms with van der Waals surface area (Å²) in [7, 11) is 0. The first kappa shape index (κ1) is 10.8. The Kier molecular flexibility index (Phi) is 2.72. The van der Waals surface area contributed by atoms with Crippen molar-refractivity contribution in [2.75, 3.05) is 0 Å². The maximum absolute atomic E-state index is 4.67. The van der Waals surface area contributed by atoms with Gasteiger partial charge in [0.15, 0.2) is 5.65 Å². The summed E-state index contributed by atoms with van der Waals surface area (Å²) in [6, 6.07) is 3.91. The third-order valence-electron chi connectivity index (χ3n) is 2.79. The Morgan fingerprint density at radius 2 is 2.28 bits per heavy atom. The molecule has 0 atom stereocenters. The zero-order chi connectivity index (χ0) is 12.4. The summed E-state index contributed by atoms with van der Waals surface area (Å²) in [6.07, 6.45) is 9.14. The van der Waals surface area contributed by atoms with E-state index in [-0.39, 0.29) is 0 Å². The molecule has 0 unspecified atom stereocenters. The second-order valence-electron chi connectivity index (χ2n) is 4.13. The average Bonchev–Trinajstić information content (AvgIpc) is 2.88. The van der Waals surface area contributed by atoms with Gasteiger partial charge < -0.3 is 0 Å². The molecular formula is C13H13N5. The van der Waals surface area contributed by atoms with E-state index >= 15 is 0 Å². The molecule has 5 heteroatoms. The zero-order valence-electron chi connectivity index (χ0n) is 10.1. The highest BCUT2D eigenvalue weighted by Gasteiger charge is 2.08. The highest BCUT2D eigenvalue weighted by molar-refractivity contribution is 5.59. The number of hydrogen-bond acceptors (Lipinski definition) is 4. The molecule has 5 nitrogen and oxygen atoms in total. The number of aryl methyl sites for hydroxylation is 1. The van der Waals surface area contributed by atoms with E-state index in [1.165, 1.54) is 0 Å². The van der Waals surface area contributed by atoms with E-state index in [1.807, 2.05) is 28.9 Å². The van der Waals surface area contributed by atoms with Crippen LogP contribution in [-0.2, 0) is 6.42 Å². The van der Waals surface area contributed by atoms with Crippen molar-refractivity contribution in [3.63, 3.8) is 0 Å². The Balaban J connectivity index is 2.19. The highest BCUT2D eigenvalue weighted by atomic mass is 15.2. The van der Waals surface area contributed by atoms with Crippen molar-refractivity contribution >= 4 is 5.65 Å². The van der Waals surface area contributed by atoms with Crippen molar-refractivity contribution in [1.29, 1.82) is 0 Å². The summed E-state index contributed by atoms with van der Waals surface area (Å²) in [5, 5.41) is 8.04. The molecule has 3 aromatic rings. The molecular weight excluding hydrogens is 226 g/mol. The number of hydrogen-bond donors (Lipinski definition) is 0. The fourth-order valence-corrected chi connectivity index (χ4v) is 1.96. The maximum Gasteiger partial charge on any atom is 0.182 e. The summed E-state index contributed by atoms with van der Waals surface area (Å²) >= 11 is 0. The first-order valence-electron chi connectivity index (χ1n) is 5.98. The molecule has 90 valence electrons. The van der Waals surface area contributed by atoms with Crippen LogP contribution in [0.1, 0.15) is 19.0 Å². The number of nitrogens with zero attached hydrogens (tertiary/aromatic N) is 5. The molecule has 0 aliphatic heterocycles. The van der Waals surface area contributed by atoms with Gasteiger partial charge in [0.25, 0.3) is 0 Å². The molecule has 0 aromatic carbocycles. The van der Waals surface area contributed by atoms with Crippen LogP contribution in [0.3, 0.4) is 0 Å². The lowest BCUT2D eigenvalue weighted by molar-refractivity contribution is 0.875. The van der Waals surface area contributed by atoms with Crippen molar-refractivity contribution in [3.8, 4) is 11.3 Å². The van der Waals surface area contributed by atoms with Gasteiger partial charge in [0.05, 0.1) is 11.4 Å². The van der Waals surface area contributed by atoms with Crippen LogP contribution >= 0.6 is 0 Å². The first-order chi connectivity index (χ1) is 8.88. The number of fused-ring (bicyclic) bond motifs is 1. The molecule has 0 spiro atoms. The average molecular weight is 239 g/mol. The van der Waals surface area contributed by atoms with Gasteiger partial charge in [-0.2, -0.15) is 0 Å². The van der Waals surface area contributed by atoms with E-state index in [1.54, 1.807) is 12.5 Å². The van der Waals surface area contributed by atoms with Gasteiger partial charge in [-0.15, -0.1) is 10.2 Å². The number of aromatic nitrogens is 5. The molecule has 0 fully saturated rings. The van der Waals surface area contributed by atoms with E-state index in [0.717, 1.165) is 35.4 Å². The molecule has 0 saturated carbocycles. The molecule has 3 aromatic heterocycles. The van der Waals surface area contributed by atoms with Crippen LogP contribution in [0.25, 0.3) is 16.9 Å². The van der Waals surface area contributed by atoms with Gasteiger partial charge in [-0.25, -0.2) is 4.98 Å². The van der Waals surface area contributed by atoms with Crippen molar-refractivity contribution in [2.45, 2.75) is 19.8 Å². The van der Waals surface area contributed by atoms with Crippen LogP contribution < -0.4 is 0 Å². The van der Waals surface area contributed by atoms with Crippen molar-refractivity contribution < 1.29 is 0 Å². The summed E-state index contributed by atoms with van der Waals surface area (Å²) in [4.78, 5) is 8.79. The Morgan fingerprint density at radius 1 is 1.33 bits per heavy atom. The van der Waals surface area contributed by atoms with Gasteiger partial charge in [-0.3, -0.25) is 9.38 Å². The molecule has 0 radical (unpaired) electrons. The topological polar surface area (TPSA) is 56.0 Å². The van der Waals surface area contributed by atoms with Gasteiger partial charge in [-0.1, -0.05) is 13.3 Å². The van der Waals surface area contributed by atoms with Crippen LogP contribution in [0.5, 0.6) is 0 Å². The highest BCUT2D eigenvalue weighted by Crippen LogP contribution is 2.18. The SMILES string of the molecule is CCCc1nc(-c2cccnc2)cn2cnnc12. The summed E-state index contributed by atoms with van der Waals surface area (Å²) in [5.74, 6) is 0. The Hall–Kier alpha value is -2.30. The summed E-state index contributed by atoms with van der Waals surface area (Å²) in [5.41, 5.74) is 3.73. The monoisotopic (exact) mass is 239 g/mol. The van der Waals surface area contributed by atoms with Crippen LogP contribution in [-0.4, -0.2) is 24.6 Å². The van der Waals surface area contributed by atoms with E-state index in [2.05, 4.69) is 27.1 Å². The van der Waals surface area contributed by atoms with Gasteiger partial charge in [0.1, 0.15) is 6.33 Å². The Labute approximate surface area is 105 Å². The van der Waals surface area contributed by atoms with E-state index < -0.39 is 0 Å². The van der Waals surface area contributed by atoms with Crippen LogP contribution in [0, 0.1) is 0 Å². The quantitative estimate of drug-likeness (QED) is 0.702. The smallest absolute Gasteiger partial charge is 0.182 e. The number of rotatable bonds is 3. The summed E-state index contributed by atoms with van der Waals surface area (Å²) in [6.45, 7) is 2.13. The van der Waals surface area contributed by atoms with Crippen molar-refractivity contribution in [3.05, 3.63) is 42.7 Å². The standard InChI is InChI=1S/C13H13N5/c1-2-4-11-13-17-15-9-18(13)8-12(16-11)10-5-3-6-14-7-10/h3,5-9H,2,4H2,1H3. The van der Waals surface area contributed by atoms with E-state index in [0.29, 0.717) is 0 Å². The fourth-order valence-electron chi connectivity index (χ4n) is 1.96. The molecule has 0 amide bonds. The third-order valence-corrected chi connectivity index (χ3v) is 2.79. The van der Waals surface area contributed by atoms with Crippen LogP contribution in [0.4, 0.5) is 0 Å². The molecule has 3 rings (SSSR count). The maximum atomic E-state index is 4.67. The predicted octanol–water partition coefficient (Wildman–Crippen LogP) is 2.14. The van der Waals surface area contributed by atoms with Crippen molar-refractivity contribution in [2.24, 2.45) is 0 Å². The molecule has 0 saturated heterocycles. The Bertz CT molecular complexity index is 659. The molecule has 0 bridgehead atoms. The molecule has 0 aliphatic rings. The molecule has 0 N–H and O–H groups in total. The lowest BCUT2D eigenvalue weighted by Crippen LogP contribution is -1.99. The van der Waals surface area contributed by atoms with Crippen molar-refractivity contribution in [1.82, 2.24) is 24.6 Å². The molecule has 3 heterocycles. The lowest BCUT2D eigenvalue weighted by atomic mass is 10.2. The van der Waals surface area contributed by atoms with E-state index in [9.17, 15) is 0 Å². The van der Waals surface area contributed by atoms with Gasteiger partial charge in [-0.05, 0) is 18.6 Å². The van der Waals surface area contributed by atoms with E-state index in [4.69, 9.17) is 0 Å². The first-order valence-corrected chi connectivity index (χ1v) is 5.98. The third kappa shape index (κ3) is 1.84. The predicted molar refractivity (Wildman–Crippen MR) is 68.0 cm³/mol.